The van der Waals surface area contributed by atoms with Crippen LogP contribution in [0, 0.1) is 13.8 Å². The highest BCUT2D eigenvalue weighted by atomic mass is 16.2. The minimum atomic E-state index is 0.0775. The highest BCUT2D eigenvalue weighted by Crippen LogP contribution is 2.13. The first kappa shape index (κ1) is 13.8. The van der Waals surface area contributed by atoms with Crippen molar-refractivity contribution in [2.45, 2.75) is 26.3 Å². The molecule has 0 radical (unpaired) electrons. The van der Waals surface area contributed by atoms with Gasteiger partial charge in [0, 0.05) is 25.7 Å². The van der Waals surface area contributed by atoms with E-state index in [4.69, 9.17) is 0 Å². The molecule has 1 saturated heterocycles. The van der Waals surface area contributed by atoms with Gasteiger partial charge in [-0.3, -0.25) is 4.79 Å². The van der Waals surface area contributed by atoms with Gasteiger partial charge >= 0.3 is 0 Å². The van der Waals surface area contributed by atoms with Crippen molar-refractivity contribution in [3.8, 4) is 0 Å². The molecule has 2 rings (SSSR count). The van der Waals surface area contributed by atoms with Gasteiger partial charge in [0.15, 0.2) is 0 Å². The third-order valence-corrected chi connectivity index (χ3v) is 3.76. The molecule has 102 valence electrons. The number of nitrogens with zero attached hydrogens (tertiary/aromatic N) is 1. The molecule has 1 unspecified atom stereocenters. The highest BCUT2D eigenvalue weighted by molar-refractivity contribution is 5.92. The van der Waals surface area contributed by atoms with Crippen molar-refractivity contribution in [3.63, 3.8) is 0 Å². The molecular formula is C16H22N2O. The summed E-state index contributed by atoms with van der Waals surface area (Å²) in [4.78, 5) is 13.9. The lowest BCUT2D eigenvalue weighted by atomic mass is 10.1. The van der Waals surface area contributed by atoms with Crippen LogP contribution in [-0.4, -0.2) is 37.0 Å². The number of rotatable bonds is 3. The summed E-state index contributed by atoms with van der Waals surface area (Å²) < 4.78 is 0. The molecule has 3 nitrogen and oxygen atoms in total. The molecule has 0 spiro atoms. The van der Waals surface area contributed by atoms with Crippen molar-refractivity contribution < 1.29 is 4.79 Å². The summed E-state index contributed by atoms with van der Waals surface area (Å²) in [5, 5.41) is 3.28. The predicted molar refractivity (Wildman–Crippen MR) is 79.0 cm³/mol. The minimum absolute atomic E-state index is 0.0775. The standard InChI is InChI=1S/C16H22N2O/c1-12-4-5-14(13(2)10-12)6-7-16(19)18(3)15-8-9-17-11-15/h4-7,10,15,17H,8-9,11H2,1-3H3/b7-6+. The molecular weight excluding hydrogens is 236 g/mol. The van der Waals surface area contributed by atoms with E-state index in [0.717, 1.165) is 25.1 Å². The lowest BCUT2D eigenvalue weighted by Crippen LogP contribution is -2.37. The van der Waals surface area contributed by atoms with Crippen molar-refractivity contribution in [2.24, 2.45) is 0 Å². The largest absolute Gasteiger partial charge is 0.338 e. The lowest BCUT2D eigenvalue weighted by molar-refractivity contribution is -0.126. The maximum absolute atomic E-state index is 12.1. The Morgan fingerprint density at radius 1 is 1.42 bits per heavy atom. The number of aryl methyl sites for hydroxylation is 2. The average molecular weight is 258 g/mol. The second-order valence-electron chi connectivity index (χ2n) is 5.29. The van der Waals surface area contributed by atoms with Crippen LogP contribution in [-0.2, 0) is 4.79 Å². The van der Waals surface area contributed by atoms with E-state index in [-0.39, 0.29) is 5.91 Å². The molecule has 1 aliphatic rings. The zero-order chi connectivity index (χ0) is 13.8. The molecule has 19 heavy (non-hydrogen) atoms. The van der Waals surface area contributed by atoms with Crippen LogP contribution in [0.15, 0.2) is 24.3 Å². The van der Waals surface area contributed by atoms with Gasteiger partial charge in [0.25, 0.3) is 0 Å². The quantitative estimate of drug-likeness (QED) is 0.842. The molecule has 1 aliphatic heterocycles. The van der Waals surface area contributed by atoms with Gasteiger partial charge in [-0.25, -0.2) is 0 Å². The molecule has 0 aromatic heterocycles. The number of nitrogens with one attached hydrogen (secondary N) is 1. The molecule has 1 aromatic rings. The van der Waals surface area contributed by atoms with Gasteiger partial charge in [0.1, 0.15) is 0 Å². The number of hydrogen-bond donors (Lipinski definition) is 1. The molecule has 0 saturated carbocycles. The van der Waals surface area contributed by atoms with E-state index < -0.39 is 0 Å². The van der Waals surface area contributed by atoms with Crippen molar-refractivity contribution in [1.82, 2.24) is 10.2 Å². The van der Waals surface area contributed by atoms with Crippen LogP contribution >= 0.6 is 0 Å². The van der Waals surface area contributed by atoms with Gasteiger partial charge in [-0.1, -0.05) is 23.8 Å². The Bertz CT molecular complexity index is 488. The van der Waals surface area contributed by atoms with E-state index in [1.54, 1.807) is 6.08 Å². The van der Waals surface area contributed by atoms with Gasteiger partial charge in [0.2, 0.25) is 5.91 Å². The third-order valence-electron chi connectivity index (χ3n) is 3.76. The summed E-state index contributed by atoms with van der Waals surface area (Å²) in [5.41, 5.74) is 3.56. The van der Waals surface area contributed by atoms with Crippen LogP contribution in [0.4, 0.5) is 0 Å². The van der Waals surface area contributed by atoms with Crippen LogP contribution in [0.25, 0.3) is 6.08 Å². The Balaban J connectivity index is 2.03. The summed E-state index contributed by atoms with van der Waals surface area (Å²) in [6, 6.07) is 6.60. The SMILES string of the molecule is Cc1ccc(/C=C/C(=O)N(C)C2CCNC2)c(C)c1. The second-order valence-corrected chi connectivity index (χ2v) is 5.29. The van der Waals surface area contributed by atoms with E-state index >= 15 is 0 Å². The Morgan fingerprint density at radius 3 is 2.84 bits per heavy atom. The number of amides is 1. The molecule has 1 N–H and O–H groups in total. The zero-order valence-corrected chi connectivity index (χ0v) is 11.9. The molecule has 1 heterocycles. The van der Waals surface area contributed by atoms with E-state index in [2.05, 4.69) is 37.4 Å². The first-order chi connectivity index (χ1) is 9.08. The van der Waals surface area contributed by atoms with Crippen LogP contribution in [0.1, 0.15) is 23.1 Å². The normalized spacial score (nSPS) is 19.0. The summed E-state index contributed by atoms with van der Waals surface area (Å²) in [6.45, 7) is 6.05. The van der Waals surface area contributed by atoms with Crippen LogP contribution < -0.4 is 5.32 Å². The molecule has 1 atom stereocenters. The Morgan fingerprint density at radius 2 is 2.21 bits per heavy atom. The summed E-state index contributed by atoms with van der Waals surface area (Å²) in [6.07, 6.45) is 4.63. The molecule has 0 aliphatic carbocycles. The first-order valence-electron chi connectivity index (χ1n) is 6.81. The Labute approximate surface area is 115 Å². The summed E-state index contributed by atoms with van der Waals surface area (Å²) in [5.74, 6) is 0.0775. The Hall–Kier alpha value is -1.61. The van der Waals surface area contributed by atoms with Crippen molar-refractivity contribution in [2.75, 3.05) is 20.1 Å². The maximum atomic E-state index is 12.1. The minimum Gasteiger partial charge on any atom is -0.338 e. The van der Waals surface area contributed by atoms with Crippen LogP contribution in [0.3, 0.4) is 0 Å². The predicted octanol–water partition coefficient (Wildman–Crippen LogP) is 2.14. The van der Waals surface area contributed by atoms with Gasteiger partial charge in [-0.15, -0.1) is 0 Å². The van der Waals surface area contributed by atoms with E-state index in [9.17, 15) is 4.79 Å². The van der Waals surface area contributed by atoms with Gasteiger partial charge in [-0.2, -0.15) is 0 Å². The van der Waals surface area contributed by atoms with Crippen LogP contribution in [0.5, 0.6) is 0 Å². The molecule has 0 bridgehead atoms. The molecule has 1 amide bonds. The molecule has 3 heteroatoms. The second kappa shape index (κ2) is 6.02. The first-order valence-corrected chi connectivity index (χ1v) is 6.81. The topological polar surface area (TPSA) is 32.3 Å². The Kier molecular flexibility index (Phi) is 4.38. The van der Waals surface area contributed by atoms with Gasteiger partial charge in [0.05, 0.1) is 0 Å². The smallest absolute Gasteiger partial charge is 0.246 e. The fraction of sp³-hybridized carbons (Fsp3) is 0.438. The van der Waals surface area contributed by atoms with Crippen LogP contribution in [0.2, 0.25) is 0 Å². The lowest BCUT2D eigenvalue weighted by Gasteiger charge is -2.22. The van der Waals surface area contributed by atoms with E-state index in [0.29, 0.717) is 6.04 Å². The van der Waals surface area contributed by atoms with Crippen molar-refractivity contribution in [1.29, 1.82) is 0 Å². The fourth-order valence-electron chi connectivity index (χ4n) is 2.44. The monoisotopic (exact) mass is 258 g/mol. The number of hydrogen-bond acceptors (Lipinski definition) is 2. The number of benzene rings is 1. The number of likely N-dealkylation sites (N-methyl/N-ethyl adjacent to an activating group) is 1. The maximum Gasteiger partial charge on any atom is 0.246 e. The average Bonchev–Trinajstić information content (AvgIpc) is 2.90. The van der Waals surface area contributed by atoms with E-state index in [1.165, 1.54) is 11.1 Å². The zero-order valence-electron chi connectivity index (χ0n) is 11.9. The molecule has 1 fully saturated rings. The van der Waals surface area contributed by atoms with Gasteiger partial charge in [-0.05, 0) is 44.0 Å². The number of carbonyl (C=O) groups is 1. The van der Waals surface area contributed by atoms with E-state index in [1.807, 2.05) is 18.0 Å². The van der Waals surface area contributed by atoms with Crippen molar-refractivity contribution >= 4 is 12.0 Å². The fourth-order valence-corrected chi connectivity index (χ4v) is 2.44. The molecule has 1 aromatic carbocycles. The highest BCUT2D eigenvalue weighted by Gasteiger charge is 2.21. The van der Waals surface area contributed by atoms with Crippen molar-refractivity contribution in [3.05, 3.63) is 41.0 Å². The number of carbonyl (C=O) groups excluding carboxylic acids is 1. The summed E-state index contributed by atoms with van der Waals surface area (Å²) in [7, 11) is 1.88. The third kappa shape index (κ3) is 3.44. The summed E-state index contributed by atoms with van der Waals surface area (Å²) >= 11 is 0. The van der Waals surface area contributed by atoms with Gasteiger partial charge < -0.3 is 10.2 Å².